The Labute approximate surface area is 156 Å². The number of aryl methyl sites for hydroxylation is 1. The van der Waals surface area contributed by atoms with Crippen molar-refractivity contribution in [2.75, 3.05) is 17.2 Å². The van der Waals surface area contributed by atoms with Gasteiger partial charge in [-0.3, -0.25) is 4.79 Å². The average Bonchev–Trinajstić information content (AvgIpc) is 3.28. The molecule has 2 aromatic carbocycles. The van der Waals surface area contributed by atoms with Gasteiger partial charge in [0.25, 0.3) is 0 Å². The third-order valence-corrected chi connectivity index (χ3v) is 5.28. The predicted octanol–water partition coefficient (Wildman–Crippen LogP) is 3.71. The summed E-state index contributed by atoms with van der Waals surface area (Å²) in [7, 11) is 0. The number of hydrogen-bond acceptors (Lipinski definition) is 4. The second-order valence-electron chi connectivity index (χ2n) is 7.02. The number of anilines is 2. The van der Waals surface area contributed by atoms with Gasteiger partial charge in [-0.1, -0.05) is 12.1 Å². The van der Waals surface area contributed by atoms with Crippen molar-refractivity contribution in [2.24, 2.45) is 0 Å². The number of rotatable bonds is 3. The number of hydrogen-bond donors (Lipinski definition) is 3. The van der Waals surface area contributed by atoms with Crippen LogP contribution in [0.4, 0.5) is 11.4 Å². The van der Waals surface area contributed by atoms with Gasteiger partial charge < -0.3 is 20.3 Å². The standard InChI is InChI=1S/C21H20N4O2/c26-19-8-10-25-18-4-2-1-3-17(18)24-21(25)15(19)12-20(27)23-14-5-6-16-13(11-14)7-9-22-16/h1-6,11,22,26H,7-10,12H2,(H,23,27). The minimum absolute atomic E-state index is 0.102. The first-order valence-corrected chi connectivity index (χ1v) is 9.22. The topological polar surface area (TPSA) is 79.2 Å². The van der Waals surface area contributed by atoms with Crippen molar-refractivity contribution in [3.63, 3.8) is 0 Å². The highest BCUT2D eigenvalue weighted by Gasteiger charge is 2.24. The molecule has 6 nitrogen and oxygen atoms in total. The zero-order valence-electron chi connectivity index (χ0n) is 14.8. The number of fused-ring (bicyclic) bond motifs is 4. The normalized spacial score (nSPS) is 15.4. The second-order valence-corrected chi connectivity index (χ2v) is 7.02. The van der Waals surface area contributed by atoms with Gasteiger partial charge in [-0.2, -0.15) is 0 Å². The Morgan fingerprint density at radius 1 is 1.22 bits per heavy atom. The van der Waals surface area contributed by atoms with E-state index in [1.54, 1.807) is 0 Å². The van der Waals surface area contributed by atoms with Crippen LogP contribution in [0.15, 0.2) is 48.2 Å². The molecular formula is C21H20N4O2. The van der Waals surface area contributed by atoms with E-state index in [4.69, 9.17) is 0 Å². The molecule has 0 atom stereocenters. The van der Waals surface area contributed by atoms with Crippen LogP contribution in [0, 0.1) is 0 Å². The zero-order valence-corrected chi connectivity index (χ0v) is 14.8. The maximum atomic E-state index is 12.6. The molecule has 0 saturated heterocycles. The largest absolute Gasteiger partial charge is 0.512 e. The summed E-state index contributed by atoms with van der Waals surface area (Å²) in [5.41, 5.74) is 5.66. The molecule has 1 aromatic heterocycles. The molecule has 0 aliphatic carbocycles. The molecule has 0 bridgehead atoms. The maximum absolute atomic E-state index is 12.6. The highest BCUT2D eigenvalue weighted by molar-refractivity contribution is 5.98. The van der Waals surface area contributed by atoms with Crippen LogP contribution in [-0.4, -0.2) is 27.1 Å². The Balaban J connectivity index is 1.41. The van der Waals surface area contributed by atoms with Gasteiger partial charge in [0, 0.05) is 36.5 Å². The monoisotopic (exact) mass is 360 g/mol. The summed E-state index contributed by atoms with van der Waals surface area (Å²) in [4.78, 5) is 17.3. The van der Waals surface area contributed by atoms with Gasteiger partial charge >= 0.3 is 0 Å². The molecule has 0 saturated carbocycles. The van der Waals surface area contributed by atoms with Gasteiger partial charge in [0.15, 0.2) is 0 Å². The second kappa shape index (κ2) is 6.16. The number of aromatic nitrogens is 2. The molecule has 2 aliphatic rings. The van der Waals surface area contributed by atoms with E-state index in [1.165, 1.54) is 5.56 Å². The van der Waals surface area contributed by atoms with Gasteiger partial charge in [0.05, 0.1) is 17.5 Å². The molecule has 0 radical (unpaired) electrons. The number of nitrogens with one attached hydrogen (secondary N) is 2. The number of allylic oxidation sites excluding steroid dienone is 1. The molecule has 5 rings (SSSR count). The molecule has 2 aliphatic heterocycles. The van der Waals surface area contributed by atoms with Crippen molar-refractivity contribution in [1.29, 1.82) is 0 Å². The van der Waals surface area contributed by atoms with Crippen molar-refractivity contribution in [3.8, 4) is 0 Å². The number of carbonyl (C=O) groups excluding carboxylic acids is 1. The average molecular weight is 360 g/mol. The summed E-state index contributed by atoms with van der Waals surface area (Å²) in [6.07, 6.45) is 1.58. The van der Waals surface area contributed by atoms with E-state index >= 15 is 0 Å². The van der Waals surface area contributed by atoms with Crippen molar-refractivity contribution >= 4 is 33.9 Å². The van der Waals surface area contributed by atoms with Gasteiger partial charge in [-0.15, -0.1) is 0 Å². The van der Waals surface area contributed by atoms with Crippen LogP contribution in [0.5, 0.6) is 0 Å². The molecule has 3 aromatic rings. The minimum atomic E-state index is -0.150. The fourth-order valence-electron chi connectivity index (χ4n) is 3.96. The third-order valence-electron chi connectivity index (χ3n) is 5.28. The Morgan fingerprint density at radius 3 is 3.04 bits per heavy atom. The summed E-state index contributed by atoms with van der Waals surface area (Å²) in [5, 5.41) is 16.7. The summed E-state index contributed by atoms with van der Waals surface area (Å²) in [5.74, 6) is 0.794. The van der Waals surface area contributed by atoms with E-state index in [0.29, 0.717) is 24.4 Å². The molecule has 3 heterocycles. The number of nitrogens with zero attached hydrogens (tertiary/aromatic N) is 2. The Morgan fingerprint density at radius 2 is 2.11 bits per heavy atom. The summed E-state index contributed by atoms with van der Waals surface area (Å²) >= 11 is 0. The van der Waals surface area contributed by atoms with Crippen LogP contribution in [0.1, 0.15) is 24.2 Å². The molecule has 0 unspecified atom stereocenters. The Bertz CT molecular complexity index is 1100. The van der Waals surface area contributed by atoms with E-state index in [0.717, 1.165) is 35.4 Å². The van der Waals surface area contributed by atoms with Crippen LogP contribution in [0.2, 0.25) is 0 Å². The third kappa shape index (κ3) is 2.73. The van der Waals surface area contributed by atoms with Crippen molar-refractivity contribution in [1.82, 2.24) is 9.55 Å². The van der Waals surface area contributed by atoms with Crippen molar-refractivity contribution < 1.29 is 9.90 Å². The minimum Gasteiger partial charge on any atom is -0.512 e. The fourth-order valence-corrected chi connectivity index (χ4v) is 3.96. The maximum Gasteiger partial charge on any atom is 0.229 e. The molecule has 0 spiro atoms. The summed E-state index contributed by atoms with van der Waals surface area (Å²) < 4.78 is 2.08. The first-order valence-electron chi connectivity index (χ1n) is 9.22. The van der Waals surface area contributed by atoms with Gasteiger partial charge in [-0.05, 0) is 42.3 Å². The molecule has 27 heavy (non-hydrogen) atoms. The first-order chi connectivity index (χ1) is 13.2. The van der Waals surface area contributed by atoms with Crippen molar-refractivity contribution in [2.45, 2.75) is 25.8 Å². The predicted molar refractivity (Wildman–Crippen MR) is 106 cm³/mol. The summed E-state index contributed by atoms with van der Waals surface area (Å²) in [6, 6.07) is 13.8. The lowest BCUT2D eigenvalue weighted by Gasteiger charge is -2.19. The van der Waals surface area contributed by atoms with E-state index < -0.39 is 0 Å². The first kappa shape index (κ1) is 15.9. The smallest absolute Gasteiger partial charge is 0.229 e. The number of para-hydroxylation sites is 2. The lowest BCUT2D eigenvalue weighted by Crippen LogP contribution is -2.18. The molecule has 6 heteroatoms. The van der Waals surface area contributed by atoms with Gasteiger partial charge in [-0.25, -0.2) is 4.98 Å². The quantitative estimate of drug-likeness (QED) is 0.665. The van der Waals surface area contributed by atoms with Crippen LogP contribution >= 0.6 is 0 Å². The van der Waals surface area contributed by atoms with Crippen LogP contribution in [0.3, 0.4) is 0 Å². The Hall–Kier alpha value is -3.28. The number of aliphatic hydroxyl groups is 1. The number of aliphatic hydroxyl groups excluding tert-OH is 1. The molecule has 0 fully saturated rings. The van der Waals surface area contributed by atoms with Crippen molar-refractivity contribution in [3.05, 3.63) is 59.6 Å². The van der Waals surface area contributed by atoms with E-state index in [1.807, 2.05) is 42.5 Å². The number of carbonyl (C=O) groups is 1. The van der Waals surface area contributed by atoms with Crippen LogP contribution in [0.25, 0.3) is 16.6 Å². The van der Waals surface area contributed by atoms with Crippen LogP contribution in [-0.2, 0) is 17.8 Å². The fraction of sp³-hybridized carbons (Fsp3) is 0.238. The SMILES string of the molecule is O=C(CC1=C(O)CCn2c1nc1ccccc12)Nc1ccc2c(c1)CCN2. The lowest BCUT2D eigenvalue weighted by atomic mass is 10.0. The molecule has 136 valence electrons. The van der Waals surface area contributed by atoms with E-state index in [-0.39, 0.29) is 18.1 Å². The lowest BCUT2D eigenvalue weighted by molar-refractivity contribution is -0.115. The van der Waals surface area contributed by atoms with E-state index in [2.05, 4.69) is 20.2 Å². The molecule has 1 amide bonds. The Kier molecular flexibility index (Phi) is 3.63. The number of amides is 1. The number of imidazole rings is 1. The van der Waals surface area contributed by atoms with Crippen LogP contribution < -0.4 is 10.6 Å². The van der Waals surface area contributed by atoms with Gasteiger partial charge in [0.1, 0.15) is 11.6 Å². The highest BCUT2D eigenvalue weighted by atomic mass is 16.3. The molecule has 3 N–H and O–H groups in total. The number of benzene rings is 2. The highest BCUT2D eigenvalue weighted by Crippen LogP contribution is 2.32. The molecular weight excluding hydrogens is 340 g/mol. The van der Waals surface area contributed by atoms with E-state index in [9.17, 15) is 9.90 Å². The van der Waals surface area contributed by atoms with Gasteiger partial charge in [0.2, 0.25) is 5.91 Å². The zero-order chi connectivity index (χ0) is 18.4. The summed E-state index contributed by atoms with van der Waals surface area (Å²) in [6.45, 7) is 1.61.